The minimum Gasteiger partial charge on any atom is -0.462 e. The second-order valence-corrected chi connectivity index (χ2v) is 3.43. The van der Waals surface area contributed by atoms with Gasteiger partial charge in [-0.2, -0.15) is 0 Å². The molecule has 76 valence electrons. The average Bonchev–Trinajstić information content (AvgIpc) is 2.11. The van der Waals surface area contributed by atoms with Crippen LogP contribution in [0.2, 0.25) is 0 Å². The van der Waals surface area contributed by atoms with Gasteiger partial charge in [-0.05, 0) is 35.0 Å². The number of carbonyl (C=O) groups excluding carboxylic acids is 1. The number of rotatable bonds is 2. The first kappa shape index (κ1) is 11.0. The fraction of sp³-hybridized carbons (Fsp3) is 0.222. The zero-order chi connectivity index (χ0) is 10.7. The molecule has 0 atom stereocenters. The van der Waals surface area contributed by atoms with Crippen LogP contribution in [0.4, 0.5) is 10.1 Å². The zero-order valence-electron chi connectivity index (χ0n) is 7.51. The number of ether oxygens (including phenoxy) is 1. The minimum absolute atomic E-state index is 0.0487. The Balaban J connectivity index is 3.09. The summed E-state index contributed by atoms with van der Waals surface area (Å²) in [6, 6.07) is 2.39. The van der Waals surface area contributed by atoms with Crippen LogP contribution in [-0.4, -0.2) is 12.6 Å². The van der Waals surface area contributed by atoms with Crippen LogP contribution in [0, 0.1) is 5.82 Å². The standard InChI is InChI=1S/C9H9BrFNO2/c1-2-14-9(13)5-3-7(11)6(10)4-8(5)12/h3-4H,2,12H2,1H3. The Bertz CT molecular complexity index is 368. The molecule has 1 rings (SSSR count). The van der Waals surface area contributed by atoms with Crippen LogP contribution < -0.4 is 5.73 Å². The molecule has 1 aromatic carbocycles. The highest BCUT2D eigenvalue weighted by Gasteiger charge is 2.13. The van der Waals surface area contributed by atoms with Gasteiger partial charge in [0.15, 0.2) is 0 Å². The van der Waals surface area contributed by atoms with Crippen LogP contribution in [0.3, 0.4) is 0 Å². The van der Waals surface area contributed by atoms with E-state index in [1.54, 1.807) is 6.92 Å². The van der Waals surface area contributed by atoms with Crippen molar-refractivity contribution in [1.82, 2.24) is 0 Å². The maximum atomic E-state index is 13.0. The zero-order valence-corrected chi connectivity index (χ0v) is 9.10. The van der Waals surface area contributed by atoms with Gasteiger partial charge < -0.3 is 10.5 Å². The van der Waals surface area contributed by atoms with Crippen LogP contribution in [0.5, 0.6) is 0 Å². The van der Waals surface area contributed by atoms with E-state index >= 15 is 0 Å². The van der Waals surface area contributed by atoms with Crippen molar-refractivity contribution in [2.45, 2.75) is 6.92 Å². The maximum absolute atomic E-state index is 13.0. The van der Waals surface area contributed by atoms with Gasteiger partial charge in [0.05, 0.1) is 16.6 Å². The molecule has 0 heterocycles. The van der Waals surface area contributed by atoms with E-state index in [1.165, 1.54) is 6.07 Å². The number of hydrogen-bond acceptors (Lipinski definition) is 3. The minimum atomic E-state index is -0.614. The predicted molar refractivity (Wildman–Crippen MR) is 54.5 cm³/mol. The largest absolute Gasteiger partial charge is 0.462 e. The summed E-state index contributed by atoms with van der Waals surface area (Å²) >= 11 is 2.96. The fourth-order valence-electron chi connectivity index (χ4n) is 0.948. The summed E-state index contributed by atoms with van der Waals surface area (Å²) in [5, 5.41) is 0. The second-order valence-electron chi connectivity index (χ2n) is 2.57. The summed E-state index contributed by atoms with van der Waals surface area (Å²) in [6.45, 7) is 1.90. The van der Waals surface area contributed by atoms with Crippen LogP contribution in [-0.2, 0) is 4.74 Å². The summed E-state index contributed by atoms with van der Waals surface area (Å²) in [5.41, 5.74) is 5.76. The molecule has 0 saturated heterocycles. The van der Waals surface area contributed by atoms with Gasteiger partial charge in [-0.15, -0.1) is 0 Å². The van der Waals surface area contributed by atoms with Crippen molar-refractivity contribution in [2.24, 2.45) is 0 Å². The molecule has 0 aromatic heterocycles. The quantitative estimate of drug-likeness (QED) is 0.657. The molecular weight excluding hydrogens is 253 g/mol. The molecule has 0 bridgehead atoms. The number of halogens is 2. The highest BCUT2D eigenvalue weighted by atomic mass is 79.9. The third-order valence-corrected chi connectivity index (χ3v) is 2.20. The molecule has 0 amide bonds. The van der Waals surface area contributed by atoms with Gasteiger partial charge in [-0.1, -0.05) is 0 Å². The average molecular weight is 262 g/mol. The number of nitrogens with two attached hydrogens (primary N) is 1. The molecular formula is C9H9BrFNO2. The van der Waals surface area contributed by atoms with E-state index in [-0.39, 0.29) is 22.3 Å². The summed E-state index contributed by atoms with van der Waals surface area (Å²) in [7, 11) is 0. The van der Waals surface area contributed by atoms with E-state index in [1.807, 2.05) is 0 Å². The van der Waals surface area contributed by atoms with Crippen molar-refractivity contribution in [2.75, 3.05) is 12.3 Å². The highest BCUT2D eigenvalue weighted by Crippen LogP contribution is 2.23. The molecule has 2 N–H and O–H groups in total. The number of benzene rings is 1. The van der Waals surface area contributed by atoms with Crippen molar-refractivity contribution >= 4 is 27.6 Å². The number of nitrogen functional groups attached to an aromatic ring is 1. The van der Waals surface area contributed by atoms with Crippen LogP contribution in [0.25, 0.3) is 0 Å². The van der Waals surface area contributed by atoms with Crippen molar-refractivity contribution in [3.05, 3.63) is 28.0 Å². The predicted octanol–water partition coefficient (Wildman–Crippen LogP) is 2.35. The van der Waals surface area contributed by atoms with E-state index < -0.39 is 11.8 Å². The highest BCUT2D eigenvalue weighted by molar-refractivity contribution is 9.10. The molecule has 0 radical (unpaired) electrons. The molecule has 0 spiro atoms. The van der Waals surface area contributed by atoms with E-state index in [4.69, 9.17) is 10.5 Å². The van der Waals surface area contributed by atoms with Crippen molar-refractivity contribution in [3.63, 3.8) is 0 Å². The Hall–Kier alpha value is -1.10. The number of hydrogen-bond donors (Lipinski definition) is 1. The van der Waals surface area contributed by atoms with Crippen LogP contribution >= 0.6 is 15.9 Å². The van der Waals surface area contributed by atoms with Gasteiger partial charge in [-0.3, -0.25) is 0 Å². The smallest absolute Gasteiger partial charge is 0.340 e. The number of esters is 1. The number of carbonyl (C=O) groups is 1. The Labute approximate surface area is 89.2 Å². The fourth-order valence-corrected chi connectivity index (χ4v) is 1.31. The maximum Gasteiger partial charge on any atom is 0.340 e. The van der Waals surface area contributed by atoms with Gasteiger partial charge in [0.2, 0.25) is 0 Å². The molecule has 0 fully saturated rings. The van der Waals surface area contributed by atoms with Crippen LogP contribution in [0.15, 0.2) is 16.6 Å². The van der Waals surface area contributed by atoms with E-state index in [0.29, 0.717) is 0 Å². The topological polar surface area (TPSA) is 52.3 Å². The third kappa shape index (κ3) is 2.23. The van der Waals surface area contributed by atoms with Gasteiger partial charge >= 0.3 is 5.97 Å². The summed E-state index contributed by atoms with van der Waals surface area (Å²) in [4.78, 5) is 11.2. The summed E-state index contributed by atoms with van der Waals surface area (Å²) in [5.74, 6) is -1.15. The molecule has 0 aliphatic rings. The first-order valence-electron chi connectivity index (χ1n) is 3.98. The Morgan fingerprint density at radius 2 is 2.29 bits per heavy atom. The monoisotopic (exact) mass is 261 g/mol. The van der Waals surface area contributed by atoms with Gasteiger partial charge in [-0.25, -0.2) is 9.18 Å². The normalized spacial score (nSPS) is 9.93. The summed E-state index contributed by atoms with van der Waals surface area (Å²) in [6.07, 6.45) is 0. The van der Waals surface area contributed by atoms with E-state index in [9.17, 15) is 9.18 Å². The molecule has 0 saturated carbocycles. The Kier molecular flexibility index (Phi) is 3.46. The second kappa shape index (κ2) is 4.41. The Morgan fingerprint density at radius 3 is 2.86 bits per heavy atom. The van der Waals surface area contributed by atoms with E-state index in [2.05, 4.69) is 15.9 Å². The first-order valence-corrected chi connectivity index (χ1v) is 4.77. The molecule has 14 heavy (non-hydrogen) atoms. The van der Waals surface area contributed by atoms with Crippen molar-refractivity contribution < 1.29 is 13.9 Å². The third-order valence-electron chi connectivity index (χ3n) is 1.59. The lowest BCUT2D eigenvalue weighted by atomic mass is 10.2. The SMILES string of the molecule is CCOC(=O)c1cc(F)c(Br)cc1N. The first-order chi connectivity index (χ1) is 6.56. The lowest BCUT2D eigenvalue weighted by molar-refractivity contribution is 0.0527. The van der Waals surface area contributed by atoms with E-state index in [0.717, 1.165) is 6.07 Å². The van der Waals surface area contributed by atoms with Crippen LogP contribution in [0.1, 0.15) is 17.3 Å². The lowest BCUT2D eigenvalue weighted by Gasteiger charge is -2.05. The molecule has 5 heteroatoms. The van der Waals surface area contributed by atoms with Gasteiger partial charge in [0.1, 0.15) is 5.82 Å². The molecule has 0 unspecified atom stereocenters. The van der Waals surface area contributed by atoms with Gasteiger partial charge in [0, 0.05) is 5.69 Å². The lowest BCUT2D eigenvalue weighted by Crippen LogP contribution is -2.08. The molecule has 1 aromatic rings. The number of anilines is 1. The Morgan fingerprint density at radius 1 is 1.64 bits per heavy atom. The summed E-state index contributed by atoms with van der Waals surface area (Å²) < 4.78 is 18.0. The van der Waals surface area contributed by atoms with Crippen molar-refractivity contribution in [1.29, 1.82) is 0 Å². The molecule has 0 aliphatic carbocycles. The molecule has 0 aliphatic heterocycles. The van der Waals surface area contributed by atoms with Crippen molar-refractivity contribution in [3.8, 4) is 0 Å². The van der Waals surface area contributed by atoms with Gasteiger partial charge in [0.25, 0.3) is 0 Å². The molecule has 3 nitrogen and oxygen atoms in total.